The predicted octanol–water partition coefficient (Wildman–Crippen LogP) is 1.09. The Kier molecular flexibility index (Phi) is 4.74. The summed E-state index contributed by atoms with van der Waals surface area (Å²) in [5.41, 5.74) is 0.916. The Morgan fingerprint density at radius 1 is 1.26 bits per heavy atom. The van der Waals surface area contributed by atoms with E-state index in [9.17, 15) is 0 Å². The van der Waals surface area contributed by atoms with E-state index in [1.807, 2.05) is 37.5 Å². The van der Waals surface area contributed by atoms with Gasteiger partial charge in [-0.1, -0.05) is 17.3 Å². The van der Waals surface area contributed by atoms with Crippen LogP contribution >= 0.6 is 0 Å². The van der Waals surface area contributed by atoms with Gasteiger partial charge in [0.25, 0.3) is 0 Å². The van der Waals surface area contributed by atoms with Crippen molar-refractivity contribution in [1.29, 1.82) is 0 Å². The Labute approximate surface area is 112 Å². The van der Waals surface area contributed by atoms with Crippen molar-refractivity contribution in [2.45, 2.75) is 13.1 Å². The number of para-hydroxylation sites is 2. The van der Waals surface area contributed by atoms with Gasteiger partial charge in [-0.2, -0.15) is 0 Å². The van der Waals surface area contributed by atoms with Crippen molar-refractivity contribution in [3.63, 3.8) is 0 Å². The fourth-order valence-electron chi connectivity index (χ4n) is 1.70. The largest absolute Gasteiger partial charge is 0.493 e. The van der Waals surface area contributed by atoms with Crippen LogP contribution in [0.25, 0.3) is 0 Å². The predicted molar refractivity (Wildman–Crippen MR) is 71.3 cm³/mol. The van der Waals surface area contributed by atoms with E-state index in [4.69, 9.17) is 9.47 Å². The van der Waals surface area contributed by atoms with Crippen LogP contribution in [0.5, 0.6) is 11.5 Å². The fourth-order valence-corrected chi connectivity index (χ4v) is 1.70. The second-order valence-electron chi connectivity index (χ2n) is 4.00. The maximum Gasteiger partial charge on any atom is 0.161 e. The van der Waals surface area contributed by atoms with E-state index >= 15 is 0 Å². The Morgan fingerprint density at radius 2 is 2.05 bits per heavy atom. The Balaban J connectivity index is 1.85. The van der Waals surface area contributed by atoms with Crippen molar-refractivity contribution in [1.82, 2.24) is 20.3 Å². The van der Waals surface area contributed by atoms with E-state index in [1.54, 1.807) is 11.8 Å². The van der Waals surface area contributed by atoms with Crippen LogP contribution in [-0.2, 0) is 13.1 Å². The first kappa shape index (κ1) is 13.4. The molecule has 0 saturated heterocycles. The van der Waals surface area contributed by atoms with Crippen molar-refractivity contribution < 1.29 is 9.47 Å². The molecule has 0 fully saturated rings. The van der Waals surface area contributed by atoms with Crippen molar-refractivity contribution in [3.05, 3.63) is 36.2 Å². The first-order chi connectivity index (χ1) is 9.33. The van der Waals surface area contributed by atoms with Gasteiger partial charge < -0.3 is 14.8 Å². The van der Waals surface area contributed by atoms with E-state index < -0.39 is 0 Å². The molecule has 0 spiro atoms. The minimum Gasteiger partial charge on any atom is -0.493 e. The average molecular weight is 262 g/mol. The second kappa shape index (κ2) is 6.75. The van der Waals surface area contributed by atoms with Crippen LogP contribution in [0.15, 0.2) is 30.5 Å². The van der Waals surface area contributed by atoms with Gasteiger partial charge in [0.1, 0.15) is 6.61 Å². The van der Waals surface area contributed by atoms with Crippen molar-refractivity contribution in [3.8, 4) is 11.5 Å². The highest BCUT2D eigenvalue weighted by Crippen LogP contribution is 2.25. The highest BCUT2D eigenvalue weighted by Gasteiger charge is 2.03. The molecule has 1 N–H and O–H groups in total. The lowest BCUT2D eigenvalue weighted by atomic mass is 10.3. The quantitative estimate of drug-likeness (QED) is 0.809. The van der Waals surface area contributed by atoms with E-state index in [1.165, 1.54) is 0 Å². The molecule has 0 amide bonds. The minimum absolute atomic E-state index is 0.517. The molecule has 0 unspecified atom stereocenters. The zero-order valence-corrected chi connectivity index (χ0v) is 11.2. The lowest BCUT2D eigenvalue weighted by Gasteiger charge is -2.09. The number of rotatable bonds is 7. The normalized spacial score (nSPS) is 10.4. The van der Waals surface area contributed by atoms with Crippen LogP contribution in [0.3, 0.4) is 0 Å². The van der Waals surface area contributed by atoms with Crippen molar-refractivity contribution >= 4 is 0 Å². The molecule has 6 nitrogen and oxygen atoms in total. The third-order valence-electron chi connectivity index (χ3n) is 2.59. The number of aromatic nitrogens is 3. The molecule has 102 valence electrons. The zero-order chi connectivity index (χ0) is 13.5. The highest BCUT2D eigenvalue weighted by molar-refractivity contribution is 5.39. The molecule has 0 saturated carbocycles. The summed E-state index contributed by atoms with van der Waals surface area (Å²) in [6.07, 6.45) is 1.90. The van der Waals surface area contributed by atoms with Gasteiger partial charge in [-0.15, -0.1) is 5.10 Å². The standard InChI is InChI=1S/C13H18N4O2/c1-14-9-11-10-17(16-15-11)7-8-19-13-6-4-3-5-12(13)18-2/h3-6,10,14H,7-9H2,1-2H3. The second-order valence-corrected chi connectivity index (χ2v) is 4.00. The fraction of sp³-hybridized carbons (Fsp3) is 0.385. The maximum atomic E-state index is 5.67. The van der Waals surface area contributed by atoms with E-state index in [0.717, 1.165) is 17.2 Å². The Bertz CT molecular complexity index is 513. The molecule has 2 aromatic rings. The van der Waals surface area contributed by atoms with E-state index in [0.29, 0.717) is 19.7 Å². The lowest BCUT2D eigenvalue weighted by molar-refractivity contribution is 0.273. The molecule has 0 bridgehead atoms. The number of benzene rings is 1. The smallest absolute Gasteiger partial charge is 0.161 e. The third-order valence-corrected chi connectivity index (χ3v) is 2.59. The van der Waals surface area contributed by atoms with Crippen molar-refractivity contribution in [2.75, 3.05) is 20.8 Å². The van der Waals surface area contributed by atoms with Gasteiger partial charge in [0, 0.05) is 12.7 Å². The molecule has 0 aliphatic heterocycles. The van der Waals surface area contributed by atoms with Gasteiger partial charge in [-0.3, -0.25) is 0 Å². The molecule has 0 atom stereocenters. The molecule has 1 heterocycles. The maximum absolute atomic E-state index is 5.67. The van der Waals surface area contributed by atoms with Gasteiger partial charge in [0.2, 0.25) is 0 Å². The van der Waals surface area contributed by atoms with Gasteiger partial charge in [0.05, 0.1) is 19.3 Å². The molecule has 1 aromatic carbocycles. The molecular weight excluding hydrogens is 244 g/mol. The lowest BCUT2D eigenvalue weighted by Crippen LogP contribution is -2.09. The minimum atomic E-state index is 0.517. The van der Waals surface area contributed by atoms with Crippen LogP contribution in [0.4, 0.5) is 0 Å². The van der Waals surface area contributed by atoms with Gasteiger partial charge in [-0.05, 0) is 19.2 Å². The van der Waals surface area contributed by atoms with Crippen LogP contribution in [0.2, 0.25) is 0 Å². The summed E-state index contributed by atoms with van der Waals surface area (Å²) in [6, 6.07) is 7.58. The first-order valence-electron chi connectivity index (χ1n) is 6.13. The number of hydrogen-bond donors (Lipinski definition) is 1. The van der Waals surface area contributed by atoms with Gasteiger partial charge in [0.15, 0.2) is 11.5 Å². The monoisotopic (exact) mass is 262 g/mol. The Morgan fingerprint density at radius 3 is 2.79 bits per heavy atom. The molecular formula is C13H18N4O2. The number of methoxy groups -OCH3 is 1. The van der Waals surface area contributed by atoms with E-state index in [2.05, 4.69) is 15.6 Å². The summed E-state index contributed by atoms with van der Waals surface area (Å²) < 4.78 is 12.7. The summed E-state index contributed by atoms with van der Waals surface area (Å²) in [7, 11) is 3.51. The number of ether oxygens (including phenoxy) is 2. The zero-order valence-electron chi connectivity index (χ0n) is 11.2. The number of nitrogens with zero attached hydrogens (tertiary/aromatic N) is 3. The summed E-state index contributed by atoms with van der Waals surface area (Å²) in [4.78, 5) is 0. The summed E-state index contributed by atoms with van der Waals surface area (Å²) >= 11 is 0. The topological polar surface area (TPSA) is 61.2 Å². The third kappa shape index (κ3) is 3.69. The Hall–Kier alpha value is -2.08. The van der Waals surface area contributed by atoms with Crippen LogP contribution in [0, 0.1) is 0 Å². The molecule has 19 heavy (non-hydrogen) atoms. The summed E-state index contributed by atoms with van der Waals surface area (Å²) in [5, 5.41) is 11.1. The average Bonchev–Trinajstić information content (AvgIpc) is 2.87. The summed E-state index contributed by atoms with van der Waals surface area (Å²) in [5.74, 6) is 1.47. The van der Waals surface area contributed by atoms with Crippen LogP contribution < -0.4 is 14.8 Å². The molecule has 6 heteroatoms. The molecule has 0 aliphatic carbocycles. The summed E-state index contributed by atoms with van der Waals surface area (Å²) in [6.45, 7) is 1.88. The number of nitrogens with one attached hydrogen (secondary N) is 1. The van der Waals surface area contributed by atoms with Gasteiger partial charge in [-0.25, -0.2) is 4.68 Å². The van der Waals surface area contributed by atoms with E-state index in [-0.39, 0.29) is 0 Å². The van der Waals surface area contributed by atoms with Crippen molar-refractivity contribution in [2.24, 2.45) is 0 Å². The molecule has 2 rings (SSSR count). The van der Waals surface area contributed by atoms with Crippen LogP contribution in [-0.4, -0.2) is 35.8 Å². The molecule has 1 aromatic heterocycles. The van der Waals surface area contributed by atoms with Gasteiger partial charge >= 0.3 is 0 Å². The van der Waals surface area contributed by atoms with Crippen LogP contribution in [0.1, 0.15) is 5.69 Å². The molecule has 0 aliphatic rings. The first-order valence-corrected chi connectivity index (χ1v) is 6.13. The SMILES string of the molecule is CNCc1cn(CCOc2ccccc2OC)nn1. The highest BCUT2D eigenvalue weighted by atomic mass is 16.5. The number of hydrogen-bond acceptors (Lipinski definition) is 5. The molecule has 0 radical (unpaired) electrons.